The van der Waals surface area contributed by atoms with Crippen LogP contribution in [0, 0.1) is 11.3 Å². The number of ether oxygens (including phenoxy) is 3. The number of nitrogens with zero attached hydrogens (tertiary/aromatic N) is 1. The van der Waals surface area contributed by atoms with Gasteiger partial charge in [0, 0.05) is 6.04 Å². The summed E-state index contributed by atoms with van der Waals surface area (Å²) in [5.41, 5.74) is 0.279. The molecule has 0 aromatic heterocycles. The molecule has 1 aromatic carbocycles. The summed E-state index contributed by atoms with van der Waals surface area (Å²) >= 11 is 0. The largest absolute Gasteiger partial charge is 0.493 e. The number of halogens is 2. The van der Waals surface area contributed by atoms with Crippen molar-refractivity contribution in [2.24, 2.45) is 0 Å². The van der Waals surface area contributed by atoms with Crippen LogP contribution in [0.15, 0.2) is 17.7 Å². The van der Waals surface area contributed by atoms with Crippen molar-refractivity contribution >= 4 is 12.0 Å². The summed E-state index contributed by atoms with van der Waals surface area (Å²) in [5, 5.41) is 11.9. The smallest absolute Gasteiger partial charge is 0.387 e. The predicted octanol–water partition coefficient (Wildman–Crippen LogP) is 2.49. The highest BCUT2D eigenvalue weighted by molar-refractivity contribution is 6.02. The molecule has 8 heteroatoms. The van der Waals surface area contributed by atoms with Gasteiger partial charge in [-0.25, -0.2) is 0 Å². The highest BCUT2D eigenvalue weighted by atomic mass is 19.3. The van der Waals surface area contributed by atoms with Crippen LogP contribution in [0.3, 0.4) is 0 Å². The SMILES string of the molecule is COc1cc(/C=C(\C#N)C(=O)NC2CC2)cc(OC)c1OC(F)F. The van der Waals surface area contributed by atoms with Crippen molar-refractivity contribution in [1.82, 2.24) is 5.32 Å². The molecule has 1 N–H and O–H groups in total. The standard InChI is InChI=1S/C16H16F2N2O4/c1-22-12-6-9(7-13(23-2)14(12)24-16(17)18)5-10(8-19)15(21)20-11-3-4-11/h5-7,11,16H,3-4H2,1-2H3,(H,20,21)/b10-5+. The summed E-state index contributed by atoms with van der Waals surface area (Å²) in [6.45, 7) is -3.05. The van der Waals surface area contributed by atoms with E-state index in [1.165, 1.54) is 32.4 Å². The lowest BCUT2D eigenvalue weighted by Gasteiger charge is -2.14. The zero-order valence-electron chi connectivity index (χ0n) is 13.1. The number of alkyl halides is 2. The first-order chi connectivity index (χ1) is 11.5. The number of amides is 1. The van der Waals surface area contributed by atoms with Crippen LogP contribution in [0.4, 0.5) is 8.78 Å². The van der Waals surface area contributed by atoms with E-state index in [-0.39, 0.29) is 28.9 Å². The Balaban J connectivity index is 2.36. The van der Waals surface area contributed by atoms with Crippen LogP contribution in [0.5, 0.6) is 17.2 Å². The Kier molecular flexibility index (Phi) is 5.58. The predicted molar refractivity (Wildman–Crippen MR) is 80.9 cm³/mol. The molecule has 24 heavy (non-hydrogen) atoms. The highest BCUT2D eigenvalue weighted by Gasteiger charge is 2.25. The van der Waals surface area contributed by atoms with Crippen LogP contribution in [0.25, 0.3) is 6.08 Å². The van der Waals surface area contributed by atoms with E-state index in [9.17, 15) is 13.6 Å². The number of nitriles is 1. The molecule has 2 rings (SSSR count). The first-order valence-corrected chi connectivity index (χ1v) is 7.12. The minimum atomic E-state index is -3.05. The van der Waals surface area contributed by atoms with E-state index >= 15 is 0 Å². The summed E-state index contributed by atoms with van der Waals surface area (Å²) in [6, 6.07) is 4.69. The number of hydrogen-bond donors (Lipinski definition) is 1. The van der Waals surface area contributed by atoms with E-state index < -0.39 is 12.5 Å². The van der Waals surface area contributed by atoms with E-state index in [0.29, 0.717) is 5.56 Å². The number of benzene rings is 1. The molecule has 1 amide bonds. The normalized spacial score (nSPS) is 14.1. The maximum atomic E-state index is 12.5. The molecular formula is C16H16F2N2O4. The zero-order chi connectivity index (χ0) is 17.7. The van der Waals surface area contributed by atoms with Gasteiger partial charge in [-0.3, -0.25) is 4.79 Å². The van der Waals surface area contributed by atoms with Crippen molar-refractivity contribution in [2.45, 2.75) is 25.5 Å². The topological polar surface area (TPSA) is 80.6 Å². The number of rotatable bonds is 7. The second-order valence-electron chi connectivity index (χ2n) is 5.05. The van der Waals surface area contributed by atoms with Crippen molar-refractivity contribution in [1.29, 1.82) is 5.26 Å². The van der Waals surface area contributed by atoms with Gasteiger partial charge in [-0.05, 0) is 36.6 Å². The number of carbonyl (C=O) groups excluding carboxylic acids is 1. The van der Waals surface area contributed by atoms with Crippen molar-refractivity contribution < 1.29 is 27.8 Å². The van der Waals surface area contributed by atoms with Crippen LogP contribution >= 0.6 is 0 Å². The van der Waals surface area contributed by atoms with E-state index in [4.69, 9.17) is 14.7 Å². The van der Waals surface area contributed by atoms with E-state index in [2.05, 4.69) is 10.1 Å². The fourth-order valence-corrected chi connectivity index (χ4v) is 1.99. The summed E-state index contributed by atoms with van der Waals surface area (Å²) in [6.07, 6.45) is 3.12. The quantitative estimate of drug-likeness (QED) is 0.610. The second-order valence-corrected chi connectivity index (χ2v) is 5.05. The number of methoxy groups -OCH3 is 2. The van der Waals surface area contributed by atoms with Gasteiger partial charge in [0.25, 0.3) is 5.91 Å². The number of hydrogen-bond acceptors (Lipinski definition) is 5. The third-order valence-corrected chi connectivity index (χ3v) is 3.28. The molecule has 0 unspecified atom stereocenters. The van der Waals surface area contributed by atoms with Gasteiger partial charge in [0.2, 0.25) is 5.75 Å². The maximum Gasteiger partial charge on any atom is 0.387 e. The van der Waals surface area contributed by atoms with Crippen LogP contribution in [-0.2, 0) is 4.79 Å². The first kappa shape index (κ1) is 17.5. The van der Waals surface area contributed by atoms with Gasteiger partial charge in [0.15, 0.2) is 11.5 Å². The van der Waals surface area contributed by atoms with Gasteiger partial charge in [-0.2, -0.15) is 14.0 Å². The molecule has 0 heterocycles. The summed E-state index contributed by atoms with van der Waals surface area (Å²) in [5.74, 6) is -0.736. The average molecular weight is 338 g/mol. The van der Waals surface area contributed by atoms with Crippen molar-refractivity contribution in [3.8, 4) is 23.3 Å². The van der Waals surface area contributed by atoms with Gasteiger partial charge in [-0.1, -0.05) is 0 Å². The van der Waals surface area contributed by atoms with Crippen LogP contribution in [0.1, 0.15) is 18.4 Å². The highest BCUT2D eigenvalue weighted by Crippen LogP contribution is 2.40. The molecule has 0 radical (unpaired) electrons. The van der Waals surface area contributed by atoms with Crippen molar-refractivity contribution in [2.75, 3.05) is 14.2 Å². The molecule has 0 atom stereocenters. The molecule has 1 saturated carbocycles. The summed E-state index contributed by atoms with van der Waals surface area (Å²) in [7, 11) is 2.57. The van der Waals surface area contributed by atoms with Gasteiger partial charge >= 0.3 is 6.61 Å². The molecule has 1 aliphatic rings. The zero-order valence-corrected chi connectivity index (χ0v) is 13.1. The lowest BCUT2D eigenvalue weighted by Crippen LogP contribution is -2.26. The van der Waals surface area contributed by atoms with Gasteiger partial charge in [0.1, 0.15) is 11.6 Å². The molecule has 1 aliphatic carbocycles. The lowest BCUT2D eigenvalue weighted by molar-refractivity contribution is -0.117. The van der Waals surface area contributed by atoms with Gasteiger partial charge in [0.05, 0.1) is 14.2 Å². The van der Waals surface area contributed by atoms with Crippen molar-refractivity contribution in [3.63, 3.8) is 0 Å². The number of carbonyl (C=O) groups is 1. The first-order valence-electron chi connectivity index (χ1n) is 7.12. The molecule has 6 nitrogen and oxygen atoms in total. The van der Waals surface area contributed by atoms with E-state index in [1.54, 1.807) is 0 Å². The molecule has 128 valence electrons. The Morgan fingerprint density at radius 2 is 1.92 bits per heavy atom. The molecule has 0 spiro atoms. The van der Waals surface area contributed by atoms with E-state index in [1.807, 2.05) is 6.07 Å². The van der Waals surface area contributed by atoms with Crippen LogP contribution in [0.2, 0.25) is 0 Å². The Morgan fingerprint density at radius 3 is 2.33 bits per heavy atom. The Labute approximate surface area is 137 Å². The minimum Gasteiger partial charge on any atom is -0.493 e. The molecule has 0 saturated heterocycles. The third kappa shape index (κ3) is 4.35. The van der Waals surface area contributed by atoms with Crippen molar-refractivity contribution in [3.05, 3.63) is 23.3 Å². The Hall–Kier alpha value is -2.82. The summed E-state index contributed by atoms with van der Waals surface area (Å²) < 4.78 is 39.5. The summed E-state index contributed by atoms with van der Waals surface area (Å²) in [4.78, 5) is 12.0. The Bertz CT molecular complexity index is 669. The maximum absolute atomic E-state index is 12.5. The molecule has 1 aromatic rings. The molecule has 0 aliphatic heterocycles. The fourth-order valence-electron chi connectivity index (χ4n) is 1.99. The Morgan fingerprint density at radius 1 is 1.33 bits per heavy atom. The minimum absolute atomic E-state index is 0.000732. The van der Waals surface area contributed by atoms with Crippen LogP contribution < -0.4 is 19.5 Å². The van der Waals surface area contributed by atoms with Crippen LogP contribution in [-0.4, -0.2) is 32.8 Å². The lowest BCUT2D eigenvalue weighted by atomic mass is 10.1. The molecule has 0 bridgehead atoms. The van der Waals surface area contributed by atoms with Gasteiger partial charge < -0.3 is 19.5 Å². The molecular weight excluding hydrogens is 322 g/mol. The monoisotopic (exact) mass is 338 g/mol. The average Bonchev–Trinajstić information content (AvgIpc) is 3.36. The fraction of sp³-hybridized carbons (Fsp3) is 0.375. The number of nitrogens with one attached hydrogen (secondary N) is 1. The van der Waals surface area contributed by atoms with Gasteiger partial charge in [-0.15, -0.1) is 0 Å². The second kappa shape index (κ2) is 7.64. The third-order valence-electron chi connectivity index (χ3n) is 3.28. The molecule has 1 fully saturated rings. The van der Waals surface area contributed by atoms with E-state index in [0.717, 1.165) is 12.8 Å².